The Morgan fingerprint density at radius 3 is 1.23 bits per heavy atom. The number of benzene rings is 2. The van der Waals surface area contributed by atoms with Gasteiger partial charge in [0.05, 0.1) is 24.5 Å². The third-order valence-corrected chi connectivity index (χ3v) is 7.92. The zero-order valence-electron chi connectivity index (χ0n) is 24.6. The molecular formula is C34H36N6O4. The van der Waals surface area contributed by atoms with Gasteiger partial charge in [-0.3, -0.25) is 9.97 Å². The van der Waals surface area contributed by atoms with E-state index in [2.05, 4.69) is 19.8 Å². The molecule has 0 amide bonds. The van der Waals surface area contributed by atoms with E-state index in [1.807, 2.05) is 72.8 Å². The van der Waals surface area contributed by atoms with Crippen LogP contribution in [0.4, 0.5) is 22.7 Å². The maximum atomic E-state index is 13.2. The first-order valence-corrected chi connectivity index (χ1v) is 15.1. The Balaban J connectivity index is 1.19. The van der Waals surface area contributed by atoms with E-state index in [0.717, 1.165) is 48.7 Å². The number of rotatable bonds is 10. The van der Waals surface area contributed by atoms with Gasteiger partial charge >= 0.3 is 11.9 Å². The van der Waals surface area contributed by atoms with E-state index in [0.29, 0.717) is 11.4 Å². The molecule has 226 valence electrons. The van der Waals surface area contributed by atoms with Crippen LogP contribution in [0.25, 0.3) is 0 Å². The van der Waals surface area contributed by atoms with Crippen molar-refractivity contribution in [2.45, 2.75) is 38.8 Å². The summed E-state index contributed by atoms with van der Waals surface area (Å²) in [5.74, 6) is -2.26. The summed E-state index contributed by atoms with van der Waals surface area (Å²) < 4.78 is 0. The van der Waals surface area contributed by atoms with Crippen LogP contribution in [-0.2, 0) is 32.4 Å². The lowest BCUT2D eigenvalue weighted by molar-refractivity contribution is -0.169. The highest BCUT2D eigenvalue weighted by Crippen LogP contribution is 2.27. The number of anilines is 4. The van der Waals surface area contributed by atoms with Crippen LogP contribution >= 0.6 is 0 Å². The molecule has 0 N–H and O–H groups in total. The lowest BCUT2D eigenvalue weighted by atomic mass is 10.2. The summed E-state index contributed by atoms with van der Waals surface area (Å²) in [6.45, 7) is 4.55. The normalized spacial score (nSPS) is 14.4. The molecular weight excluding hydrogens is 556 g/mol. The number of hydroxylamine groups is 2. The van der Waals surface area contributed by atoms with Gasteiger partial charge in [0.25, 0.3) is 0 Å². The van der Waals surface area contributed by atoms with Gasteiger partial charge in [-0.15, -0.1) is 0 Å². The van der Waals surface area contributed by atoms with Crippen molar-refractivity contribution in [2.24, 2.45) is 0 Å². The average molecular weight is 593 g/mol. The molecule has 2 aliphatic rings. The predicted octanol–water partition coefficient (Wildman–Crippen LogP) is 5.31. The van der Waals surface area contributed by atoms with Crippen molar-refractivity contribution in [3.05, 3.63) is 109 Å². The predicted molar refractivity (Wildman–Crippen MR) is 169 cm³/mol. The molecule has 6 rings (SSSR count). The van der Waals surface area contributed by atoms with Crippen LogP contribution < -0.4 is 19.9 Å². The van der Waals surface area contributed by atoms with Crippen LogP contribution in [-0.4, -0.2) is 48.1 Å². The van der Waals surface area contributed by atoms with Crippen LogP contribution in [0.1, 0.15) is 36.8 Å². The molecule has 0 unspecified atom stereocenters. The topological polar surface area (TPSA) is 91.3 Å². The molecule has 2 aliphatic heterocycles. The minimum atomic E-state index is -1.13. The molecule has 44 heavy (non-hydrogen) atoms. The molecule has 2 aromatic carbocycles. The Kier molecular flexibility index (Phi) is 9.15. The molecule has 10 heteroatoms. The summed E-state index contributed by atoms with van der Waals surface area (Å²) in [7, 11) is 0. The molecule has 4 heterocycles. The zero-order chi connectivity index (χ0) is 30.1. The van der Waals surface area contributed by atoms with E-state index in [4.69, 9.17) is 9.68 Å². The Morgan fingerprint density at radius 1 is 0.545 bits per heavy atom. The number of carbonyl (C=O) groups excluding carboxylic acids is 2. The average Bonchev–Trinajstić information content (AvgIpc) is 3.81. The maximum absolute atomic E-state index is 13.2. The second-order valence-corrected chi connectivity index (χ2v) is 11.0. The number of carbonyl (C=O) groups is 2. The third-order valence-electron chi connectivity index (χ3n) is 7.92. The third kappa shape index (κ3) is 7.26. The van der Waals surface area contributed by atoms with Gasteiger partial charge in [-0.2, -0.15) is 0 Å². The van der Waals surface area contributed by atoms with Crippen molar-refractivity contribution in [3.8, 4) is 0 Å². The number of hydrogen-bond acceptors (Lipinski definition) is 10. The summed E-state index contributed by atoms with van der Waals surface area (Å²) in [5, 5.41) is 2.81. The molecule has 2 aromatic heterocycles. The van der Waals surface area contributed by atoms with Gasteiger partial charge in [-0.25, -0.2) is 19.7 Å². The van der Waals surface area contributed by atoms with E-state index >= 15 is 0 Å². The van der Waals surface area contributed by atoms with Gasteiger partial charge in [0.2, 0.25) is 0 Å². The smallest absolute Gasteiger partial charge is 0.372 e. The molecule has 0 aliphatic carbocycles. The molecule has 4 aromatic rings. The first-order valence-electron chi connectivity index (χ1n) is 15.1. The van der Waals surface area contributed by atoms with E-state index in [-0.39, 0.29) is 13.1 Å². The van der Waals surface area contributed by atoms with Crippen molar-refractivity contribution in [1.29, 1.82) is 0 Å². The molecule has 2 saturated heterocycles. The number of pyridine rings is 2. The van der Waals surface area contributed by atoms with Crippen LogP contribution in [0.15, 0.2) is 97.6 Å². The molecule has 10 nitrogen and oxygen atoms in total. The van der Waals surface area contributed by atoms with Gasteiger partial charge in [-0.1, -0.05) is 0 Å². The summed E-state index contributed by atoms with van der Waals surface area (Å²) in [6, 6.07) is 22.9. The largest absolute Gasteiger partial charge is 0.444 e. The fourth-order valence-corrected chi connectivity index (χ4v) is 5.55. The quantitative estimate of drug-likeness (QED) is 0.178. The second kappa shape index (κ2) is 13.9. The lowest BCUT2D eigenvalue weighted by Gasteiger charge is -2.26. The van der Waals surface area contributed by atoms with E-state index in [1.54, 1.807) is 24.8 Å². The Labute approximate surface area is 257 Å². The summed E-state index contributed by atoms with van der Waals surface area (Å²) in [5.41, 5.74) is 5.23. The van der Waals surface area contributed by atoms with E-state index in [9.17, 15) is 9.59 Å². The van der Waals surface area contributed by atoms with Crippen LogP contribution in [0.3, 0.4) is 0 Å². The van der Waals surface area contributed by atoms with Crippen LogP contribution in [0.2, 0.25) is 0 Å². The van der Waals surface area contributed by atoms with Gasteiger partial charge in [0.1, 0.15) is 0 Å². The van der Waals surface area contributed by atoms with Crippen LogP contribution in [0.5, 0.6) is 0 Å². The van der Waals surface area contributed by atoms with Gasteiger partial charge in [0, 0.05) is 62.3 Å². The highest BCUT2D eigenvalue weighted by Gasteiger charge is 2.27. The highest BCUT2D eigenvalue weighted by molar-refractivity contribution is 6.30. The molecule has 0 radical (unpaired) electrons. The van der Waals surface area contributed by atoms with Crippen molar-refractivity contribution in [2.75, 3.05) is 46.1 Å². The minimum absolute atomic E-state index is 0.225. The summed E-state index contributed by atoms with van der Waals surface area (Å²) >= 11 is 0. The van der Waals surface area contributed by atoms with E-state index in [1.165, 1.54) is 35.8 Å². The van der Waals surface area contributed by atoms with Gasteiger partial charge < -0.3 is 19.5 Å². The molecule has 0 saturated carbocycles. The fourth-order valence-electron chi connectivity index (χ4n) is 5.55. The highest BCUT2D eigenvalue weighted by atomic mass is 16.8. The Morgan fingerprint density at radius 2 is 0.886 bits per heavy atom. The van der Waals surface area contributed by atoms with Crippen molar-refractivity contribution < 1.29 is 19.3 Å². The zero-order valence-corrected chi connectivity index (χ0v) is 24.6. The van der Waals surface area contributed by atoms with Gasteiger partial charge in [0.15, 0.2) is 0 Å². The minimum Gasteiger partial charge on any atom is -0.372 e. The standard InChI is InChI=1S/C34H36N6O4/c41-33(43-39(25-27-13-17-35-18-14-27)31-9-5-29(6-10-31)37-21-1-2-22-37)34(42)44-40(26-28-15-19-36-20-16-28)32-11-7-30(8-12-32)38-23-3-4-24-38/h5-20H,1-4,21-26H2. The molecule has 2 fully saturated rings. The van der Waals surface area contributed by atoms with E-state index < -0.39 is 11.9 Å². The first kappa shape index (κ1) is 29.0. The monoisotopic (exact) mass is 592 g/mol. The van der Waals surface area contributed by atoms with Gasteiger partial charge in [-0.05, 0) is 110 Å². The molecule has 0 atom stereocenters. The van der Waals surface area contributed by atoms with Crippen molar-refractivity contribution in [1.82, 2.24) is 9.97 Å². The maximum Gasteiger partial charge on any atom is 0.444 e. The van der Waals surface area contributed by atoms with Crippen LogP contribution in [0, 0.1) is 0 Å². The Bertz CT molecular complexity index is 1390. The molecule has 0 bridgehead atoms. The van der Waals surface area contributed by atoms with Crippen molar-refractivity contribution in [3.63, 3.8) is 0 Å². The number of aromatic nitrogens is 2. The Hall–Kier alpha value is -5.12. The van der Waals surface area contributed by atoms with Crippen molar-refractivity contribution >= 4 is 34.7 Å². The summed E-state index contributed by atoms with van der Waals surface area (Å²) in [4.78, 5) is 50.7. The molecule has 0 spiro atoms. The second-order valence-electron chi connectivity index (χ2n) is 11.0. The number of hydrogen-bond donors (Lipinski definition) is 0. The first-order chi connectivity index (χ1) is 21.6. The SMILES string of the molecule is O=C(ON(Cc1ccncc1)c1ccc(N2CCCC2)cc1)C(=O)ON(Cc1ccncc1)c1ccc(N2CCCC2)cc1. The number of nitrogens with zero attached hydrogens (tertiary/aromatic N) is 6. The fraction of sp³-hybridized carbons (Fsp3) is 0.294. The lowest BCUT2D eigenvalue weighted by Crippen LogP contribution is -2.36. The summed E-state index contributed by atoms with van der Waals surface area (Å²) in [6.07, 6.45) is 11.4.